The van der Waals surface area contributed by atoms with Gasteiger partial charge >= 0.3 is 5.97 Å². The van der Waals surface area contributed by atoms with Crippen LogP contribution in [0.25, 0.3) is 0 Å². The summed E-state index contributed by atoms with van der Waals surface area (Å²) in [7, 11) is 0. The predicted octanol–water partition coefficient (Wildman–Crippen LogP) is 2.63. The summed E-state index contributed by atoms with van der Waals surface area (Å²) in [5.41, 5.74) is 0.541. The molecule has 7 heteroatoms. The van der Waals surface area contributed by atoms with Gasteiger partial charge < -0.3 is 20.5 Å². The Kier molecular flexibility index (Phi) is 3.67. The van der Waals surface area contributed by atoms with Gasteiger partial charge in [-0.05, 0) is 25.1 Å². The van der Waals surface area contributed by atoms with E-state index in [9.17, 15) is 14.7 Å². The number of aryl methyl sites for hydroxylation is 1. The first-order valence-corrected chi connectivity index (χ1v) is 5.99. The van der Waals surface area contributed by atoms with Crippen LogP contribution in [-0.2, 0) is 0 Å². The number of aromatic nitrogens is 1. The molecule has 0 radical (unpaired) electrons. The highest BCUT2D eigenvalue weighted by atomic mass is 35.5. The number of phenolic OH excluding ortho intramolecular Hbond substituents is 1. The van der Waals surface area contributed by atoms with Crippen molar-refractivity contribution in [2.24, 2.45) is 0 Å². The zero-order chi connectivity index (χ0) is 14.9. The molecule has 0 fully saturated rings. The van der Waals surface area contributed by atoms with Crippen LogP contribution in [0.4, 0.5) is 5.69 Å². The molecule has 6 nitrogen and oxygen atoms in total. The number of halogens is 1. The summed E-state index contributed by atoms with van der Waals surface area (Å²) in [4.78, 5) is 25.8. The molecule has 0 unspecified atom stereocenters. The van der Waals surface area contributed by atoms with E-state index in [1.165, 1.54) is 24.4 Å². The minimum atomic E-state index is -1.15. The molecule has 1 heterocycles. The van der Waals surface area contributed by atoms with Crippen molar-refractivity contribution in [3.8, 4) is 5.75 Å². The first-order chi connectivity index (χ1) is 9.40. The first-order valence-electron chi connectivity index (χ1n) is 5.61. The second kappa shape index (κ2) is 5.26. The zero-order valence-corrected chi connectivity index (χ0v) is 11.2. The van der Waals surface area contributed by atoms with Gasteiger partial charge in [0.2, 0.25) is 0 Å². The number of H-pyrrole nitrogens is 1. The Balaban J connectivity index is 2.31. The van der Waals surface area contributed by atoms with E-state index >= 15 is 0 Å². The van der Waals surface area contributed by atoms with Crippen LogP contribution in [0.5, 0.6) is 5.75 Å². The summed E-state index contributed by atoms with van der Waals surface area (Å²) < 4.78 is 0. The van der Waals surface area contributed by atoms with Gasteiger partial charge in [0.15, 0.2) is 0 Å². The second-order valence-electron chi connectivity index (χ2n) is 4.12. The van der Waals surface area contributed by atoms with E-state index in [4.69, 9.17) is 16.7 Å². The highest BCUT2D eigenvalue weighted by Crippen LogP contribution is 2.24. The number of nitrogens with one attached hydrogen (secondary N) is 2. The maximum atomic E-state index is 12.0. The SMILES string of the molecule is Cc1[nH]cc(NC(=O)c2ccc(Cl)cc2O)c1C(=O)O. The van der Waals surface area contributed by atoms with Crippen molar-refractivity contribution in [1.82, 2.24) is 4.98 Å². The number of carboxylic acid groups (broad SMARTS) is 1. The van der Waals surface area contributed by atoms with E-state index in [-0.39, 0.29) is 22.6 Å². The number of carboxylic acids is 1. The van der Waals surface area contributed by atoms with Gasteiger partial charge in [-0.2, -0.15) is 0 Å². The molecule has 0 saturated carbocycles. The lowest BCUT2D eigenvalue weighted by atomic mass is 10.1. The molecule has 0 bridgehead atoms. The summed E-state index contributed by atoms with van der Waals surface area (Å²) in [6.45, 7) is 1.58. The Morgan fingerprint density at radius 2 is 2.05 bits per heavy atom. The molecular formula is C13H11ClN2O4. The van der Waals surface area contributed by atoms with Crippen molar-refractivity contribution >= 4 is 29.2 Å². The van der Waals surface area contributed by atoms with Gasteiger partial charge in [0.1, 0.15) is 11.3 Å². The Labute approximate surface area is 119 Å². The number of anilines is 1. The summed E-state index contributed by atoms with van der Waals surface area (Å²) in [5.74, 6) is -2.06. The summed E-state index contributed by atoms with van der Waals surface area (Å²) in [6, 6.07) is 4.04. The normalized spacial score (nSPS) is 10.3. The first kappa shape index (κ1) is 14.0. The molecule has 1 aromatic carbocycles. The smallest absolute Gasteiger partial charge is 0.339 e. The van der Waals surface area contributed by atoms with Crippen LogP contribution in [0.3, 0.4) is 0 Å². The van der Waals surface area contributed by atoms with E-state index in [0.29, 0.717) is 10.7 Å². The molecule has 0 saturated heterocycles. The quantitative estimate of drug-likeness (QED) is 0.698. The standard InChI is InChI=1S/C13H11ClN2O4/c1-6-11(13(19)20)9(5-15-6)16-12(18)8-3-2-7(14)4-10(8)17/h2-5,15,17H,1H3,(H,16,18)(H,19,20). The highest BCUT2D eigenvalue weighted by Gasteiger charge is 2.19. The van der Waals surface area contributed by atoms with E-state index in [2.05, 4.69) is 10.3 Å². The fourth-order valence-electron chi connectivity index (χ4n) is 1.79. The number of aromatic amines is 1. The van der Waals surface area contributed by atoms with Gasteiger partial charge in [-0.15, -0.1) is 0 Å². The summed E-state index contributed by atoms with van der Waals surface area (Å²) >= 11 is 5.68. The van der Waals surface area contributed by atoms with Gasteiger partial charge in [-0.25, -0.2) is 4.79 Å². The van der Waals surface area contributed by atoms with Crippen molar-refractivity contribution in [3.05, 3.63) is 46.2 Å². The molecule has 1 amide bonds. The molecule has 0 atom stereocenters. The molecular weight excluding hydrogens is 284 g/mol. The number of hydrogen-bond donors (Lipinski definition) is 4. The summed E-state index contributed by atoms with van der Waals surface area (Å²) in [5, 5.41) is 21.5. The molecule has 0 aliphatic rings. The molecule has 0 spiro atoms. The largest absolute Gasteiger partial charge is 0.507 e. The van der Waals surface area contributed by atoms with Crippen LogP contribution in [0.1, 0.15) is 26.4 Å². The van der Waals surface area contributed by atoms with Crippen LogP contribution in [0.2, 0.25) is 5.02 Å². The number of hydrogen-bond acceptors (Lipinski definition) is 3. The van der Waals surface area contributed by atoms with Crippen molar-refractivity contribution in [2.45, 2.75) is 6.92 Å². The Morgan fingerprint density at radius 1 is 1.35 bits per heavy atom. The number of benzene rings is 1. The van der Waals surface area contributed by atoms with Crippen molar-refractivity contribution in [3.63, 3.8) is 0 Å². The van der Waals surface area contributed by atoms with Crippen LogP contribution in [-0.4, -0.2) is 27.1 Å². The number of aromatic carboxylic acids is 1. The van der Waals surface area contributed by atoms with Crippen molar-refractivity contribution in [1.29, 1.82) is 0 Å². The van der Waals surface area contributed by atoms with Crippen LogP contribution in [0, 0.1) is 6.92 Å². The minimum Gasteiger partial charge on any atom is -0.507 e. The average molecular weight is 295 g/mol. The zero-order valence-electron chi connectivity index (χ0n) is 10.4. The maximum Gasteiger partial charge on any atom is 0.339 e. The number of carbonyl (C=O) groups excluding carboxylic acids is 1. The average Bonchev–Trinajstić information content (AvgIpc) is 2.70. The molecule has 104 valence electrons. The number of phenols is 1. The van der Waals surface area contributed by atoms with Crippen LogP contribution in [0.15, 0.2) is 24.4 Å². The third-order valence-electron chi connectivity index (χ3n) is 2.74. The van der Waals surface area contributed by atoms with Gasteiger partial charge in [0.05, 0.1) is 11.3 Å². The van der Waals surface area contributed by atoms with Crippen molar-refractivity contribution < 1.29 is 19.8 Å². The third kappa shape index (κ3) is 2.60. The highest BCUT2D eigenvalue weighted by molar-refractivity contribution is 6.31. The van der Waals surface area contributed by atoms with E-state index in [0.717, 1.165) is 0 Å². The third-order valence-corrected chi connectivity index (χ3v) is 2.98. The molecule has 2 rings (SSSR count). The van der Waals surface area contributed by atoms with Gasteiger partial charge in [0.25, 0.3) is 5.91 Å². The van der Waals surface area contributed by atoms with E-state index in [1.807, 2.05) is 0 Å². The summed E-state index contributed by atoms with van der Waals surface area (Å²) in [6.07, 6.45) is 1.38. The Bertz CT molecular complexity index is 694. The lowest BCUT2D eigenvalue weighted by Gasteiger charge is -2.07. The maximum absolute atomic E-state index is 12.0. The second-order valence-corrected chi connectivity index (χ2v) is 4.56. The van der Waals surface area contributed by atoms with Crippen LogP contribution < -0.4 is 5.32 Å². The molecule has 20 heavy (non-hydrogen) atoms. The van der Waals surface area contributed by atoms with Gasteiger partial charge in [-0.1, -0.05) is 11.6 Å². The number of amides is 1. The molecule has 0 aliphatic carbocycles. The minimum absolute atomic E-state index is 0.00425. The fraction of sp³-hybridized carbons (Fsp3) is 0.0769. The van der Waals surface area contributed by atoms with Crippen molar-refractivity contribution in [2.75, 3.05) is 5.32 Å². The Hall–Kier alpha value is -2.47. The van der Waals surface area contributed by atoms with E-state index < -0.39 is 11.9 Å². The number of carbonyl (C=O) groups is 2. The molecule has 1 aromatic heterocycles. The number of aromatic hydroxyl groups is 1. The van der Waals surface area contributed by atoms with Gasteiger partial charge in [-0.3, -0.25) is 4.79 Å². The topological polar surface area (TPSA) is 102 Å². The number of rotatable bonds is 3. The molecule has 2 aromatic rings. The molecule has 4 N–H and O–H groups in total. The van der Waals surface area contributed by atoms with Gasteiger partial charge in [0, 0.05) is 16.9 Å². The predicted molar refractivity (Wildman–Crippen MR) is 73.6 cm³/mol. The lowest BCUT2D eigenvalue weighted by molar-refractivity contribution is 0.0697. The lowest BCUT2D eigenvalue weighted by Crippen LogP contribution is -2.14. The van der Waals surface area contributed by atoms with Crippen LogP contribution >= 0.6 is 11.6 Å². The molecule has 0 aliphatic heterocycles. The van der Waals surface area contributed by atoms with E-state index in [1.54, 1.807) is 6.92 Å². The Morgan fingerprint density at radius 3 is 2.65 bits per heavy atom. The monoisotopic (exact) mass is 294 g/mol. The fourth-order valence-corrected chi connectivity index (χ4v) is 1.95.